The Balaban J connectivity index is 2.10. The highest BCUT2D eigenvalue weighted by Gasteiger charge is 2.19. The lowest BCUT2D eigenvalue weighted by molar-refractivity contribution is -0.138. The Bertz CT molecular complexity index is 601. The van der Waals surface area contributed by atoms with E-state index in [-0.39, 0.29) is 6.54 Å². The van der Waals surface area contributed by atoms with Crippen LogP contribution in [-0.2, 0) is 4.79 Å². The van der Waals surface area contributed by atoms with Gasteiger partial charge >= 0.3 is 5.97 Å². The predicted octanol–water partition coefficient (Wildman–Crippen LogP) is 1.77. The number of nitrogens with zero attached hydrogens (tertiary/aromatic N) is 3. The van der Waals surface area contributed by atoms with Gasteiger partial charge in [0.1, 0.15) is 0 Å². The average molecular weight is 272 g/mol. The standard InChI is InChI=1S/C14H16N4O2/c1-9-10(2)17-18-14(16-9)15-8-12(13(19)20)11-6-4-3-5-7-11/h3-7,12H,8H2,1-2H3,(H,19,20)(H,15,16,18). The van der Waals surface area contributed by atoms with Crippen molar-refractivity contribution in [3.63, 3.8) is 0 Å². The SMILES string of the molecule is Cc1nnc(NCC(C(=O)O)c2ccccc2)nc1C. The van der Waals surface area contributed by atoms with Crippen LogP contribution in [0.15, 0.2) is 30.3 Å². The van der Waals surface area contributed by atoms with Gasteiger partial charge in [0.2, 0.25) is 5.95 Å². The Hall–Kier alpha value is -2.50. The van der Waals surface area contributed by atoms with Crippen LogP contribution in [0, 0.1) is 13.8 Å². The van der Waals surface area contributed by atoms with Gasteiger partial charge in [-0.3, -0.25) is 4.79 Å². The maximum Gasteiger partial charge on any atom is 0.312 e. The Morgan fingerprint density at radius 3 is 2.50 bits per heavy atom. The van der Waals surface area contributed by atoms with E-state index >= 15 is 0 Å². The molecule has 6 heteroatoms. The van der Waals surface area contributed by atoms with E-state index in [1.807, 2.05) is 32.0 Å². The molecule has 1 aromatic carbocycles. The van der Waals surface area contributed by atoms with E-state index in [2.05, 4.69) is 20.5 Å². The maximum atomic E-state index is 11.3. The molecule has 6 nitrogen and oxygen atoms in total. The zero-order valence-corrected chi connectivity index (χ0v) is 11.4. The predicted molar refractivity (Wildman–Crippen MR) is 74.6 cm³/mol. The number of aromatic nitrogens is 3. The van der Waals surface area contributed by atoms with Crippen molar-refractivity contribution in [1.29, 1.82) is 0 Å². The molecule has 2 rings (SSSR count). The van der Waals surface area contributed by atoms with Crippen LogP contribution in [0.3, 0.4) is 0 Å². The highest BCUT2D eigenvalue weighted by molar-refractivity contribution is 5.76. The van der Waals surface area contributed by atoms with Crippen molar-refractivity contribution in [1.82, 2.24) is 15.2 Å². The van der Waals surface area contributed by atoms with E-state index in [0.29, 0.717) is 5.95 Å². The van der Waals surface area contributed by atoms with Gasteiger partial charge in [-0.2, -0.15) is 5.10 Å². The lowest BCUT2D eigenvalue weighted by atomic mass is 9.99. The summed E-state index contributed by atoms with van der Waals surface area (Å²) in [5, 5.41) is 20.1. The third-order valence-electron chi connectivity index (χ3n) is 3.06. The molecule has 1 atom stereocenters. The number of carboxylic acid groups (broad SMARTS) is 1. The summed E-state index contributed by atoms with van der Waals surface area (Å²) >= 11 is 0. The number of anilines is 1. The average Bonchev–Trinajstić information content (AvgIpc) is 2.44. The zero-order chi connectivity index (χ0) is 14.5. The van der Waals surface area contributed by atoms with Crippen LogP contribution in [0.25, 0.3) is 0 Å². The fraction of sp³-hybridized carbons (Fsp3) is 0.286. The first kappa shape index (κ1) is 13.9. The summed E-state index contributed by atoms with van der Waals surface area (Å²) in [4.78, 5) is 15.6. The van der Waals surface area contributed by atoms with Gasteiger partial charge in [0.25, 0.3) is 0 Å². The molecule has 2 N–H and O–H groups in total. The third kappa shape index (κ3) is 3.28. The molecule has 0 saturated carbocycles. The van der Waals surface area contributed by atoms with Crippen molar-refractivity contribution in [2.75, 3.05) is 11.9 Å². The molecule has 0 saturated heterocycles. The van der Waals surface area contributed by atoms with Gasteiger partial charge in [0.15, 0.2) is 0 Å². The van der Waals surface area contributed by atoms with E-state index in [0.717, 1.165) is 17.0 Å². The first-order valence-corrected chi connectivity index (χ1v) is 6.27. The number of benzene rings is 1. The first-order chi connectivity index (χ1) is 9.58. The van der Waals surface area contributed by atoms with Gasteiger partial charge in [-0.05, 0) is 19.4 Å². The van der Waals surface area contributed by atoms with Crippen molar-refractivity contribution in [3.8, 4) is 0 Å². The van der Waals surface area contributed by atoms with E-state index in [4.69, 9.17) is 0 Å². The summed E-state index contributed by atoms with van der Waals surface area (Å²) in [5.41, 5.74) is 2.27. The van der Waals surface area contributed by atoms with Crippen LogP contribution in [0.1, 0.15) is 22.9 Å². The molecule has 0 fully saturated rings. The molecule has 0 aliphatic rings. The molecule has 20 heavy (non-hydrogen) atoms. The summed E-state index contributed by atoms with van der Waals surface area (Å²) in [6, 6.07) is 9.07. The van der Waals surface area contributed by atoms with Crippen LogP contribution in [0.2, 0.25) is 0 Å². The summed E-state index contributed by atoms with van der Waals surface area (Å²) < 4.78 is 0. The molecule has 0 spiro atoms. The molecule has 1 heterocycles. The van der Waals surface area contributed by atoms with Crippen molar-refractivity contribution in [2.24, 2.45) is 0 Å². The number of hydrogen-bond donors (Lipinski definition) is 2. The number of aliphatic carboxylic acids is 1. The highest BCUT2D eigenvalue weighted by Crippen LogP contribution is 2.16. The topological polar surface area (TPSA) is 88.0 Å². The zero-order valence-electron chi connectivity index (χ0n) is 11.4. The summed E-state index contributed by atoms with van der Waals surface area (Å²) in [6.45, 7) is 3.87. The van der Waals surface area contributed by atoms with Gasteiger partial charge in [0, 0.05) is 6.54 Å². The Labute approximate surface area is 116 Å². The summed E-state index contributed by atoms with van der Waals surface area (Å²) in [6.07, 6.45) is 0. The molecule has 104 valence electrons. The van der Waals surface area contributed by atoms with Gasteiger partial charge in [-0.15, -0.1) is 5.10 Å². The number of hydrogen-bond acceptors (Lipinski definition) is 5. The lowest BCUT2D eigenvalue weighted by Gasteiger charge is -2.13. The smallest absolute Gasteiger partial charge is 0.312 e. The summed E-state index contributed by atoms with van der Waals surface area (Å²) in [5.74, 6) is -1.20. The quantitative estimate of drug-likeness (QED) is 0.862. The van der Waals surface area contributed by atoms with Crippen LogP contribution < -0.4 is 5.32 Å². The third-order valence-corrected chi connectivity index (χ3v) is 3.06. The monoisotopic (exact) mass is 272 g/mol. The minimum atomic E-state index is -0.888. The molecular weight excluding hydrogens is 256 g/mol. The molecule has 1 aromatic heterocycles. The van der Waals surface area contributed by atoms with Gasteiger partial charge in [0.05, 0.1) is 17.3 Å². The van der Waals surface area contributed by atoms with E-state index in [1.165, 1.54) is 0 Å². The van der Waals surface area contributed by atoms with Crippen molar-refractivity contribution >= 4 is 11.9 Å². The van der Waals surface area contributed by atoms with E-state index in [1.54, 1.807) is 12.1 Å². The summed E-state index contributed by atoms with van der Waals surface area (Å²) in [7, 11) is 0. The normalized spacial score (nSPS) is 11.9. The molecule has 0 amide bonds. The number of rotatable bonds is 5. The number of nitrogens with one attached hydrogen (secondary N) is 1. The second-order valence-electron chi connectivity index (χ2n) is 4.49. The lowest BCUT2D eigenvalue weighted by Crippen LogP contribution is -2.22. The second kappa shape index (κ2) is 6.10. The van der Waals surface area contributed by atoms with E-state index < -0.39 is 11.9 Å². The minimum Gasteiger partial charge on any atom is -0.481 e. The first-order valence-electron chi connectivity index (χ1n) is 6.27. The molecule has 2 aromatic rings. The van der Waals surface area contributed by atoms with Crippen LogP contribution >= 0.6 is 0 Å². The molecular formula is C14H16N4O2. The second-order valence-corrected chi connectivity index (χ2v) is 4.49. The van der Waals surface area contributed by atoms with Crippen LogP contribution in [0.5, 0.6) is 0 Å². The fourth-order valence-electron chi connectivity index (χ4n) is 1.76. The van der Waals surface area contributed by atoms with Gasteiger partial charge in [-0.1, -0.05) is 30.3 Å². The molecule has 0 bridgehead atoms. The van der Waals surface area contributed by atoms with Crippen LogP contribution in [-0.4, -0.2) is 32.8 Å². The molecule has 0 aliphatic carbocycles. The highest BCUT2D eigenvalue weighted by atomic mass is 16.4. The van der Waals surface area contributed by atoms with Crippen molar-refractivity contribution < 1.29 is 9.90 Å². The number of carboxylic acids is 1. The van der Waals surface area contributed by atoms with Crippen LogP contribution in [0.4, 0.5) is 5.95 Å². The van der Waals surface area contributed by atoms with Crippen molar-refractivity contribution in [2.45, 2.75) is 19.8 Å². The Morgan fingerprint density at radius 2 is 1.90 bits per heavy atom. The van der Waals surface area contributed by atoms with Gasteiger partial charge < -0.3 is 10.4 Å². The van der Waals surface area contributed by atoms with Gasteiger partial charge in [-0.25, -0.2) is 4.98 Å². The van der Waals surface area contributed by atoms with E-state index in [9.17, 15) is 9.90 Å². The largest absolute Gasteiger partial charge is 0.481 e. The minimum absolute atomic E-state index is 0.212. The molecule has 1 unspecified atom stereocenters. The number of carbonyl (C=O) groups is 1. The Kier molecular flexibility index (Phi) is 4.24. The fourth-order valence-corrected chi connectivity index (χ4v) is 1.76. The molecule has 0 radical (unpaired) electrons. The molecule has 0 aliphatic heterocycles. The Morgan fingerprint density at radius 1 is 1.20 bits per heavy atom. The maximum absolute atomic E-state index is 11.3. The van der Waals surface area contributed by atoms with Crippen molar-refractivity contribution in [3.05, 3.63) is 47.3 Å². The number of aryl methyl sites for hydroxylation is 2.